The monoisotopic (exact) mass is 417 g/mol. The molecule has 0 unspecified atom stereocenters. The summed E-state index contributed by atoms with van der Waals surface area (Å²) in [5.41, 5.74) is 6.80. The summed E-state index contributed by atoms with van der Waals surface area (Å²) >= 11 is 0. The standard InChI is InChI=1S/C12H19N5O2.2C4H8.C3H4/c13-12(19)11-9(8-14-16-11)15-10(18)4-7-17-5-2-1-3-6-17;1-4(2)3;1-3-4-2;1-3-2/h8H,1-7H2,(H2,13,19)(H,14,16)(H,15,18);1H2,2-3H3;3-4H,1-2H3;1H,2H3/b;;4-3-;. The van der Waals surface area contributed by atoms with Gasteiger partial charge in [-0.3, -0.25) is 14.7 Å². The van der Waals surface area contributed by atoms with Crippen molar-refractivity contribution in [3.05, 3.63) is 36.2 Å². The van der Waals surface area contributed by atoms with E-state index in [0.717, 1.165) is 19.6 Å². The van der Waals surface area contributed by atoms with Crippen LogP contribution < -0.4 is 11.1 Å². The maximum Gasteiger partial charge on any atom is 0.268 e. The quantitative estimate of drug-likeness (QED) is 0.495. The zero-order chi connectivity index (χ0) is 23.4. The minimum Gasteiger partial charge on any atom is -0.364 e. The molecule has 0 bridgehead atoms. The number of rotatable bonds is 5. The largest absolute Gasteiger partial charge is 0.364 e. The van der Waals surface area contributed by atoms with Gasteiger partial charge in [0.05, 0.1) is 11.9 Å². The van der Waals surface area contributed by atoms with Gasteiger partial charge >= 0.3 is 0 Å². The molecule has 1 fully saturated rings. The van der Waals surface area contributed by atoms with Gasteiger partial charge in [-0.25, -0.2) is 0 Å². The number of H-pyrrole nitrogens is 1. The molecule has 1 aliphatic heterocycles. The predicted molar refractivity (Wildman–Crippen MR) is 126 cm³/mol. The maximum absolute atomic E-state index is 11.8. The Kier molecular flexibility index (Phi) is 19.0. The summed E-state index contributed by atoms with van der Waals surface area (Å²) in [6, 6.07) is 0. The molecule has 2 amide bonds. The Bertz CT molecular complexity index is 672. The number of carbonyl (C=O) groups excluding carboxylic acids is 2. The van der Waals surface area contributed by atoms with Gasteiger partial charge in [0.25, 0.3) is 5.91 Å². The number of amides is 2. The number of nitrogens with zero attached hydrogens (tertiary/aromatic N) is 2. The lowest BCUT2D eigenvalue weighted by molar-refractivity contribution is -0.116. The summed E-state index contributed by atoms with van der Waals surface area (Å²) in [6.07, 6.45) is 14.1. The molecule has 0 spiro atoms. The Balaban J connectivity index is 0. The van der Waals surface area contributed by atoms with E-state index in [1.807, 2.05) is 39.8 Å². The van der Waals surface area contributed by atoms with E-state index in [9.17, 15) is 9.59 Å². The van der Waals surface area contributed by atoms with Crippen molar-refractivity contribution < 1.29 is 9.59 Å². The molecule has 7 nitrogen and oxygen atoms in total. The molecule has 2 heterocycles. The Morgan fingerprint density at radius 1 is 1.30 bits per heavy atom. The molecule has 1 aliphatic rings. The van der Waals surface area contributed by atoms with Gasteiger partial charge in [-0.1, -0.05) is 24.1 Å². The molecule has 7 heteroatoms. The first-order chi connectivity index (χ1) is 14.2. The second kappa shape index (κ2) is 19.5. The topological polar surface area (TPSA) is 104 Å². The average molecular weight is 418 g/mol. The van der Waals surface area contributed by atoms with Crippen molar-refractivity contribution in [2.24, 2.45) is 5.73 Å². The number of allylic oxidation sites excluding steroid dienone is 3. The number of carbonyl (C=O) groups is 2. The van der Waals surface area contributed by atoms with Crippen LogP contribution in [0, 0.1) is 12.3 Å². The summed E-state index contributed by atoms with van der Waals surface area (Å²) < 4.78 is 0. The highest BCUT2D eigenvalue weighted by molar-refractivity contribution is 6.01. The van der Waals surface area contributed by atoms with Crippen molar-refractivity contribution in [2.45, 2.75) is 60.3 Å². The molecule has 1 aromatic rings. The van der Waals surface area contributed by atoms with E-state index in [2.05, 4.69) is 39.3 Å². The molecule has 0 atom stereocenters. The van der Waals surface area contributed by atoms with Gasteiger partial charge in [-0.2, -0.15) is 5.10 Å². The van der Waals surface area contributed by atoms with Gasteiger partial charge in [0.15, 0.2) is 0 Å². The first-order valence-electron chi connectivity index (χ1n) is 10.1. The van der Waals surface area contributed by atoms with Gasteiger partial charge in [-0.15, -0.1) is 18.9 Å². The molecular weight excluding hydrogens is 378 g/mol. The number of nitrogens with two attached hydrogens (primary N) is 1. The second-order valence-corrected chi connectivity index (χ2v) is 6.89. The van der Waals surface area contributed by atoms with E-state index < -0.39 is 5.91 Å². The number of aromatic nitrogens is 2. The summed E-state index contributed by atoms with van der Waals surface area (Å²) in [7, 11) is 0. The van der Waals surface area contributed by atoms with E-state index in [1.54, 1.807) is 6.92 Å². The number of piperidine rings is 1. The first kappa shape index (κ1) is 29.4. The van der Waals surface area contributed by atoms with E-state index in [-0.39, 0.29) is 11.6 Å². The van der Waals surface area contributed by atoms with Gasteiger partial charge < -0.3 is 16.0 Å². The van der Waals surface area contributed by atoms with Crippen molar-refractivity contribution in [3.8, 4) is 12.3 Å². The van der Waals surface area contributed by atoms with Crippen molar-refractivity contribution in [1.82, 2.24) is 15.1 Å². The van der Waals surface area contributed by atoms with Crippen LogP contribution in [0.25, 0.3) is 0 Å². The normalized spacial score (nSPS) is 12.7. The minimum absolute atomic E-state index is 0.130. The van der Waals surface area contributed by atoms with Crippen LogP contribution >= 0.6 is 0 Å². The number of primary amides is 1. The fraction of sp³-hybridized carbons (Fsp3) is 0.522. The molecule has 0 radical (unpaired) electrons. The molecular formula is C23H39N5O2. The highest BCUT2D eigenvalue weighted by Gasteiger charge is 2.15. The lowest BCUT2D eigenvalue weighted by Crippen LogP contribution is -2.32. The summed E-state index contributed by atoms with van der Waals surface area (Å²) in [5.74, 6) is 1.48. The van der Waals surface area contributed by atoms with Crippen LogP contribution in [0.5, 0.6) is 0 Å². The second-order valence-electron chi connectivity index (χ2n) is 6.89. The Hall–Kier alpha value is -2.85. The zero-order valence-corrected chi connectivity index (χ0v) is 19.3. The van der Waals surface area contributed by atoms with Crippen LogP contribution in [0.2, 0.25) is 0 Å². The van der Waals surface area contributed by atoms with Crippen LogP contribution in [-0.4, -0.2) is 46.5 Å². The molecule has 0 saturated carbocycles. The number of anilines is 1. The van der Waals surface area contributed by atoms with Crippen molar-refractivity contribution in [3.63, 3.8) is 0 Å². The number of aromatic amines is 1. The highest BCUT2D eigenvalue weighted by atomic mass is 16.2. The van der Waals surface area contributed by atoms with Crippen LogP contribution in [0.4, 0.5) is 5.69 Å². The summed E-state index contributed by atoms with van der Waals surface area (Å²) in [4.78, 5) is 25.1. The number of hydrogen-bond donors (Lipinski definition) is 3. The van der Waals surface area contributed by atoms with Crippen molar-refractivity contribution in [1.29, 1.82) is 0 Å². The number of nitrogens with one attached hydrogen (secondary N) is 2. The van der Waals surface area contributed by atoms with Gasteiger partial charge in [0, 0.05) is 13.0 Å². The first-order valence-corrected chi connectivity index (χ1v) is 10.1. The molecule has 1 aromatic heterocycles. The lowest BCUT2D eigenvalue weighted by atomic mass is 10.1. The van der Waals surface area contributed by atoms with E-state index in [4.69, 9.17) is 5.73 Å². The van der Waals surface area contributed by atoms with E-state index in [0.29, 0.717) is 12.1 Å². The van der Waals surface area contributed by atoms with Gasteiger partial charge in [0.2, 0.25) is 5.91 Å². The molecule has 1 saturated heterocycles. The third-order valence-electron chi connectivity index (χ3n) is 3.60. The van der Waals surface area contributed by atoms with E-state index >= 15 is 0 Å². The Labute approximate surface area is 182 Å². The van der Waals surface area contributed by atoms with Gasteiger partial charge in [0.1, 0.15) is 5.69 Å². The number of likely N-dealkylation sites (tertiary alicyclic amines) is 1. The molecule has 4 N–H and O–H groups in total. The SMILES string of the molecule is C#CC.C/C=C\C.C=C(C)C.NC(=O)c1[nH]ncc1NC(=O)CCN1CCCCC1. The third kappa shape index (κ3) is 17.3. The van der Waals surface area contributed by atoms with Crippen LogP contribution in [0.15, 0.2) is 30.5 Å². The van der Waals surface area contributed by atoms with Crippen LogP contribution in [0.3, 0.4) is 0 Å². The van der Waals surface area contributed by atoms with Crippen LogP contribution in [0.1, 0.15) is 70.8 Å². The molecule has 0 aromatic carbocycles. The zero-order valence-electron chi connectivity index (χ0n) is 19.3. The Morgan fingerprint density at radius 3 is 2.23 bits per heavy atom. The molecule has 0 aliphatic carbocycles. The van der Waals surface area contributed by atoms with Crippen LogP contribution in [-0.2, 0) is 4.79 Å². The number of terminal acetylenes is 1. The van der Waals surface area contributed by atoms with Crippen molar-refractivity contribution in [2.75, 3.05) is 25.0 Å². The fourth-order valence-corrected chi connectivity index (χ4v) is 2.22. The van der Waals surface area contributed by atoms with Gasteiger partial charge in [-0.05, 0) is 60.5 Å². The average Bonchev–Trinajstić information content (AvgIpc) is 3.16. The van der Waals surface area contributed by atoms with E-state index in [1.165, 1.54) is 31.0 Å². The molecule has 2 rings (SSSR count). The third-order valence-corrected chi connectivity index (χ3v) is 3.60. The smallest absolute Gasteiger partial charge is 0.268 e. The lowest BCUT2D eigenvalue weighted by Gasteiger charge is -2.25. The molecule has 30 heavy (non-hydrogen) atoms. The predicted octanol–water partition coefficient (Wildman–Crippen LogP) is 4.13. The maximum atomic E-state index is 11.8. The summed E-state index contributed by atoms with van der Waals surface area (Å²) in [5, 5.41) is 8.81. The highest BCUT2D eigenvalue weighted by Crippen LogP contribution is 2.12. The Morgan fingerprint density at radius 2 is 1.80 bits per heavy atom. The number of hydrogen-bond acceptors (Lipinski definition) is 4. The fourth-order valence-electron chi connectivity index (χ4n) is 2.22. The molecule has 168 valence electrons. The van der Waals surface area contributed by atoms with Crippen molar-refractivity contribution >= 4 is 17.5 Å². The minimum atomic E-state index is -0.635. The summed E-state index contributed by atoms with van der Waals surface area (Å²) in [6.45, 7) is 16.0.